The quantitative estimate of drug-likeness (QED) is 0.703. The van der Waals surface area contributed by atoms with E-state index in [0.29, 0.717) is 36.8 Å². The molecule has 0 aromatic heterocycles. The number of hydrogen-bond donors (Lipinski definition) is 3. The highest BCUT2D eigenvalue weighted by Crippen LogP contribution is 2.20. The van der Waals surface area contributed by atoms with Crippen LogP contribution in [0.25, 0.3) is 0 Å². The lowest BCUT2D eigenvalue weighted by atomic mass is 9.94. The van der Waals surface area contributed by atoms with Crippen molar-refractivity contribution < 1.29 is 13.5 Å². The molecule has 0 bridgehead atoms. The van der Waals surface area contributed by atoms with E-state index < -0.39 is 10.0 Å². The molecule has 0 unspecified atom stereocenters. The highest BCUT2D eigenvalue weighted by Gasteiger charge is 2.24. The van der Waals surface area contributed by atoms with Crippen LogP contribution >= 0.6 is 12.2 Å². The van der Waals surface area contributed by atoms with E-state index in [1.807, 2.05) is 0 Å². The van der Waals surface area contributed by atoms with Gasteiger partial charge in [0.25, 0.3) is 0 Å². The van der Waals surface area contributed by atoms with Crippen molar-refractivity contribution in [3.63, 3.8) is 0 Å². The number of benzene rings is 1. The van der Waals surface area contributed by atoms with E-state index in [1.165, 1.54) is 0 Å². The maximum absolute atomic E-state index is 12.3. The van der Waals surface area contributed by atoms with Crippen LogP contribution in [0, 0.1) is 0 Å². The lowest BCUT2D eigenvalue weighted by Crippen LogP contribution is -2.39. The molecule has 0 spiro atoms. The van der Waals surface area contributed by atoms with Crippen molar-refractivity contribution in [3.05, 3.63) is 35.4 Å². The minimum Gasteiger partial charge on any atom is -0.393 e. The number of nitrogens with one attached hydrogen (secondary N) is 1. The monoisotopic (exact) mass is 328 g/mol. The maximum atomic E-state index is 12.3. The normalized spacial score (nSPS) is 22.9. The Labute approximate surface area is 130 Å². The summed E-state index contributed by atoms with van der Waals surface area (Å²) in [6.07, 6.45) is 2.29. The van der Waals surface area contributed by atoms with Crippen LogP contribution in [0.2, 0.25) is 0 Å². The van der Waals surface area contributed by atoms with Gasteiger partial charge in [-0.1, -0.05) is 36.5 Å². The molecule has 0 saturated heterocycles. The van der Waals surface area contributed by atoms with Gasteiger partial charge in [-0.15, -0.1) is 0 Å². The van der Waals surface area contributed by atoms with Crippen molar-refractivity contribution >= 4 is 27.2 Å². The largest absolute Gasteiger partial charge is 0.393 e. The lowest BCUT2D eigenvalue weighted by molar-refractivity contribution is 0.120. The van der Waals surface area contributed by atoms with E-state index in [-0.39, 0.29) is 22.9 Å². The highest BCUT2D eigenvalue weighted by molar-refractivity contribution is 7.88. The zero-order valence-electron chi connectivity index (χ0n) is 11.7. The Kier molecular flexibility index (Phi) is 5.32. The molecule has 1 saturated carbocycles. The fourth-order valence-electron chi connectivity index (χ4n) is 2.58. The summed E-state index contributed by atoms with van der Waals surface area (Å²) in [5, 5.41) is 9.45. The summed E-state index contributed by atoms with van der Waals surface area (Å²) in [5.74, 6) is -0.139. The Balaban J connectivity index is 2.06. The first-order valence-corrected chi connectivity index (χ1v) is 8.99. The van der Waals surface area contributed by atoms with Gasteiger partial charge in [0.15, 0.2) is 0 Å². The van der Waals surface area contributed by atoms with Gasteiger partial charge in [-0.2, -0.15) is 0 Å². The van der Waals surface area contributed by atoms with E-state index in [0.717, 1.165) is 0 Å². The molecule has 116 valence electrons. The van der Waals surface area contributed by atoms with E-state index in [9.17, 15) is 13.5 Å². The Morgan fingerprint density at radius 1 is 1.29 bits per heavy atom. The van der Waals surface area contributed by atoms with Crippen molar-refractivity contribution in [3.8, 4) is 0 Å². The summed E-state index contributed by atoms with van der Waals surface area (Å²) in [7, 11) is -3.45. The Bertz CT molecular complexity index is 608. The molecule has 1 aliphatic carbocycles. The van der Waals surface area contributed by atoms with Gasteiger partial charge < -0.3 is 10.8 Å². The second-order valence-electron chi connectivity index (χ2n) is 5.40. The van der Waals surface area contributed by atoms with Crippen LogP contribution in [0.15, 0.2) is 24.3 Å². The van der Waals surface area contributed by atoms with E-state index in [2.05, 4.69) is 4.72 Å². The molecule has 1 fully saturated rings. The molecule has 5 nitrogen and oxygen atoms in total. The molecule has 0 atom stereocenters. The number of aliphatic hydroxyl groups is 1. The van der Waals surface area contributed by atoms with Gasteiger partial charge in [0.2, 0.25) is 10.0 Å². The number of sulfonamides is 1. The van der Waals surface area contributed by atoms with Crippen LogP contribution in [-0.4, -0.2) is 30.7 Å². The van der Waals surface area contributed by atoms with Gasteiger partial charge in [0, 0.05) is 11.6 Å². The zero-order chi connectivity index (χ0) is 15.5. The predicted molar refractivity (Wildman–Crippen MR) is 86.4 cm³/mol. The predicted octanol–water partition coefficient (Wildman–Crippen LogP) is 1.04. The SMILES string of the molecule is NC(=S)c1ccccc1CS(=O)(=O)NC1CCC(O)CC1. The minimum atomic E-state index is -3.45. The van der Waals surface area contributed by atoms with Gasteiger partial charge >= 0.3 is 0 Å². The first-order valence-electron chi connectivity index (χ1n) is 6.93. The third-order valence-electron chi connectivity index (χ3n) is 3.67. The van der Waals surface area contributed by atoms with E-state index in [1.54, 1.807) is 24.3 Å². The lowest BCUT2D eigenvalue weighted by Gasteiger charge is -2.26. The molecule has 0 heterocycles. The second-order valence-corrected chi connectivity index (χ2v) is 7.60. The van der Waals surface area contributed by atoms with Crippen molar-refractivity contribution in [1.29, 1.82) is 0 Å². The van der Waals surface area contributed by atoms with Gasteiger partial charge in [0.05, 0.1) is 11.9 Å². The fourth-order valence-corrected chi connectivity index (χ4v) is 4.27. The summed E-state index contributed by atoms with van der Waals surface area (Å²) < 4.78 is 27.2. The number of thiocarbonyl (C=S) groups is 1. The molecule has 1 aliphatic rings. The fraction of sp³-hybridized carbons (Fsp3) is 0.500. The van der Waals surface area contributed by atoms with Crippen LogP contribution in [-0.2, 0) is 15.8 Å². The summed E-state index contributed by atoms with van der Waals surface area (Å²) in [6, 6.07) is 6.89. The first kappa shape index (κ1) is 16.4. The van der Waals surface area contributed by atoms with E-state index >= 15 is 0 Å². The third kappa shape index (κ3) is 4.74. The van der Waals surface area contributed by atoms with Crippen LogP contribution < -0.4 is 10.5 Å². The summed E-state index contributed by atoms with van der Waals surface area (Å²) >= 11 is 4.95. The molecular formula is C14H20N2O3S2. The molecule has 1 aromatic carbocycles. The topological polar surface area (TPSA) is 92.4 Å². The summed E-state index contributed by atoms with van der Waals surface area (Å²) in [4.78, 5) is 0.196. The number of hydrogen-bond acceptors (Lipinski definition) is 4. The van der Waals surface area contributed by atoms with Crippen molar-refractivity contribution in [1.82, 2.24) is 4.72 Å². The Morgan fingerprint density at radius 2 is 1.90 bits per heavy atom. The highest BCUT2D eigenvalue weighted by atomic mass is 32.2. The first-order chi connectivity index (χ1) is 9.87. The zero-order valence-corrected chi connectivity index (χ0v) is 13.3. The van der Waals surface area contributed by atoms with Crippen LogP contribution in [0.5, 0.6) is 0 Å². The molecule has 7 heteroatoms. The summed E-state index contributed by atoms with van der Waals surface area (Å²) in [5.41, 5.74) is 6.82. The molecule has 1 aromatic rings. The molecule has 21 heavy (non-hydrogen) atoms. The Hall–Kier alpha value is -1.02. The molecule has 4 N–H and O–H groups in total. The maximum Gasteiger partial charge on any atom is 0.216 e. The van der Waals surface area contributed by atoms with Gasteiger partial charge in [-0.25, -0.2) is 13.1 Å². The van der Waals surface area contributed by atoms with Crippen LogP contribution in [0.1, 0.15) is 36.8 Å². The van der Waals surface area contributed by atoms with Crippen LogP contribution in [0.3, 0.4) is 0 Å². The van der Waals surface area contributed by atoms with Crippen molar-refractivity contribution in [2.24, 2.45) is 5.73 Å². The molecular weight excluding hydrogens is 308 g/mol. The third-order valence-corrected chi connectivity index (χ3v) is 5.27. The van der Waals surface area contributed by atoms with Crippen molar-refractivity contribution in [2.45, 2.75) is 43.6 Å². The average molecular weight is 328 g/mol. The molecule has 0 radical (unpaired) electrons. The van der Waals surface area contributed by atoms with E-state index in [4.69, 9.17) is 18.0 Å². The second kappa shape index (κ2) is 6.83. The molecule has 0 amide bonds. The van der Waals surface area contributed by atoms with Crippen molar-refractivity contribution in [2.75, 3.05) is 0 Å². The molecule has 2 rings (SSSR count). The van der Waals surface area contributed by atoms with Gasteiger partial charge in [-0.3, -0.25) is 0 Å². The van der Waals surface area contributed by atoms with Gasteiger partial charge in [-0.05, 0) is 31.2 Å². The van der Waals surface area contributed by atoms with Crippen LogP contribution in [0.4, 0.5) is 0 Å². The summed E-state index contributed by atoms with van der Waals surface area (Å²) in [6.45, 7) is 0. The number of nitrogens with two attached hydrogens (primary N) is 1. The molecule has 0 aliphatic heterocycles. The average Bonchev–Trinajstić information content (AvgIpc) is 2.41. The number of aliphatic hydroxyl groups excluding tert-OH is 1. The Morgan fingerprint density at radius 3 is 2.52 bits per heavy atom. The number of rotatable bonds is 5. The minimum absolute atomic E-state index is 0.101. The smallest absolute Gasteiger partial charge is 0.216 e. The van der Waals surface area contributed by atoms with Gasteiger partial charge in [0.1, 0.15) is 4.99 Å². The standard InChI is InChI=1S/C14H20N2O3S2/c15-14(20)13-4-2-1-3-10(13)9-21(18,19)16-11-5-7-12(17)8-6-11/h1-4,11-12,16-17H,5-9H2,(H2,15,20).